The van der Waals surface area contributed by atoms with Gasteiger partial charge in [-0.1, -0.05) is 98.8 Å². The number of benzene rings is 2. The Hall–Kier alpha value is -3.38. The van der Waals surface area contributed by atoms with Crippen molar-refractivity contribution < 1.29 is 29.3 Å². The molecule has 10 heteroatoms. The van der Waals surface area contributed by atoms with Crippen LogP contribution >= 0.6 is 0 Å². The fourth-order valence-corrected chi connectivity index (χ4v) is 7.70. The summed E-state index contributed by atoms with van der Waals surface area (Å²) in [6.45, 7) is 15.3. The van der Waals surface area contributed by atoms with Crippen LogP contribution in [0.1, 0.15) is 44.7 Å². The van der Waals surface area contributed by atoms with Crippen LogP contribution in [0.15, 0.2) is 72.8 Å². The van der Waals surface area contributed by atoms with Crippen LogP contribution in [0.2, 0.25) is 0 Å². The van der Waals surface area contributed by atoms with Crippen LogP contribution in [0.5, 0.6) is 0 Å². The van der Waals surface area contributed by atoms with Crippen molar-refractivity contribution >= 4 is 24.1 Å². The summed E-state index contributed by atoms with van der Waals surface area (Å²) >= 11 is 0. The highest BCUT2D eigenvalue weighted by Crippen LogP contribution is 2.57. The Kier molecular flexibility index (Phi) is 14.6. The Morgan fingerprint density at radius 2 is 1.12 bits per heavy atom. The molecule has 0 spiro atoms. The molecule has 2 N–H and O–H groups in total. The SMILES string of the molecule is CC1(C)[C@H](C(=O)OC[C@H](O)CN2CCN(C/C=C\c3ccccc3)CC2)CC[C@]1(C)C(=O)OC[C@H](O)CN1CCN(C/C=C\c2ccccc2)CC1. The lowest BCUT2D eigenvalue weighted by atomic mass is 9.65. The molecule has 10 nitrogen and oxygen atoms in total. The number of aliphatic hydroxyl groups is 2. The number of aliphatic hydroxyl groups excluding tert-OH is 2. The van der Waals surface area contributed by atoms with Crippen molar-refractivity contribution in [2.45, 2.75) is 45.8 Å². The third kappa shape index (κ3) is 11.1. The number of piperazine rings is 2. The van der Waals surface area contributed by atoms with Crippen LogP contribution in [-0.4, -0.2) is 146 Å². The van der Waals surface area contributed by atoms with E-state index in [9.17, 15) is 19.8 Å². The average molecular weight is 717 g/mol. The van der Waals surface area contributed by atoms with Crippen molar-refractivity contribution in [2.24, 2.45) is 16.7 Å². The molecule has 3 fully saturated rings. The predicted molar refractivity (Wildman–Crippen MR) is 205 cm³/mol. The van der Waals surface area contributed by atoms with Crippen LogP contribution < -0.4 is 0 Å². The van der Waals surface area contributed by atoms with Gasteiger partial charge in [0.2, 0.25) is 0 Å². The standard InChI is InChI=1S/C42H60N4O6/c1-41(2)38(39(49)51-32-36(47)30-45-26-22-43(23-27-45)20-10-16-34-12-6-4-7-13-34)18-19-42(41,3)40(50)52-33-37(48)31-46-28-24-44(25-29-46)21-11-17-35-14-8-5-9-15-35/h4-17,36-38,47-48H,18-33H2,1-3H3/b16-10-,17-11-/t36-,37-,38+,42-/m1/s1. The summed E-state index contributed by atoms with van der Waals surface area (Å²) in [4.78, 5) is 36.0. The molecule has 2 aromatic carbocycles. The van der Waals surface area contributed by atoms with Gasteiger partial charge >= 0.3 is 11.9 Å². The van der Waals surface area contributed by atoms with E-state index in [1.165, 1.54) is 11.1 Å². The lowest BCUT2D eigenvalue weighted by Crippen LogP contribution is -2.49. The Labute approximate surface area is 310 Å². The molecule has 52 heavy (non-hydrogen) atoms. The maximum atomic E-state index is 13.5. The molecule has 3 aliphatic rings. The lowest BCUT2D eigenvalue weighted by Gasteiger charge is -2.39. The quantitative estimate of drug-likeness (QED) is 0.249. The first kappa shape index (κ1) is 39.8. The second-order valence-electron chi connectivity index (χ2n) is 15.5. The highest BCUT2D eigenvalue weighted by atomic mass is 16.5. The zero-order chi connectivity index (χ0) is 37.0. The fourth-order valence-electron chi connectivity index (χ4n) is 7.70. The Bertz CT molecular complexity index is 1450. The van der Waals surface area contributed by atoms with E-state index in [0.29, 0.717) is 25.9 Å². The van der Waals surface area contributed by atoms with Gasteiger partial charge < -0.3 is 19.7 Å². The molecule has 2 heterocycles. The van der Waals surface area contributed by atoms with Gasteiger partial charge in [0.25, 0.3) is 0 Å². The molecule has 4 atom stereocenters. The zero-order valence-electron chi connectivity index (χ0n) is 31.4. The molecule has 0 radical (unpaired) electrons. The summed E-state index contributed by atoms with van der Waals surface area (Å²) in [6.07, 6.45) is 8.08. The highest BCUT2D eigenvalue weighted by molar-refractivity contribution is 5.82. The van der Waals surface area contributed by atoms with Crippen LogP contribution in [0, 0.1) is 16.7 Å². The molecule has 284 valence electrons. The van der Waals surface area contributed by atoms with E-state index < -0.39 is 34.9 Å². The van der Waals surface area contributed by atoms with Gasteiger partial charge in [0.15, 0.2) is 0 Å². The average Bonchev–Trinajstić information content (AvgIpc) is 3.40. The molecule has 0 unspecified atom stereocenters. The normalized spacial score (nSPS) is 24.7. The number of carbonyl (C=O) groups excluding carboxylic acids is 2. The summed E-state index contributed by atoms with van der Waals surface area (Å²) in [5, 5.41) is 21.5. The lowest BCUT2D eigenvalue weighted by molar-refractivity contribution is -0.168. The number of hydrogen-bond acceptors (Lipinski definition) is 10. The summed E-state index contributed by atoms with van der Waals surface area (Å²) in [6, 6.07) is 20.5. The number of rotatable bonds is 16. The van der Waals surface area contributed by atoms with E-state index in [4.69, 9.17) is 9.47 Å². The van der Waals surface area contributed by atoms with Gasteiger partial charge in [0, 0.05) is 78.5 Å². The maximum absolute atomic E-state index is 13.5. The third-order valence-electron chi connectivity index (χ3n) is 11.6. The molecule has 2 aliphatic heterocycles. The number of esters is 2. The van der Waals surface area contributed by atoms with Gasteiger partial charge in [-0.15, -0.1) is 0 Å². The van der Waals surface area contributed by atoms with Crippen LogP contribution in [0.4, 0.5) is 0 Å². The van der Waals surface area contributed by atoms with E-state index in [1.54, 1.807) is 0 Å². The first-order chi connectivity index (χ1) is 25.0. The fraction of sp³-hybridized carbons (Fsp3) is 0.571. The molecule has 5 rings (SSSR count). The van der Waals surface area contributed by atoms with E-state index >= 15 is 0 Å². The van der Waals surface area contributed by atoms with Crippen molar-refractivity contribution in [3.05, 3.63) is 83.9 Å². The number of hydrogen-bond donors (Lipinski definition) is 2. The van der Waals surface area contributed by atoms with Crippen molar-refractivity contribution in [3.63, 3.8) is 0 Å². The third-order valence-corrected chi connectivity index (χ3v) is 11.6. The first-order valence-electron chi connectivity index (χ1n) is 19.1. The topological polar surface area (TPSA) is 106 Å². The van der Waals surface area contributed by atoms with E-state index in [0.717, 1.165) is 65.4 Å². The van der Waals surface area contributed by atoms with Gasteiger partial charge in [0.05, 0.1) is 11.3 Å². The molecule has 2 aromatic rings. The maximum Gasteiger partial charge on any atom is 0.312 e. The summed E-state index contributed by atoms with van der Waals surface area (Å²) in [5.41, 5.74) is 0.774. The second kappa shape index (κ2) is 19.1. The monoisotopic (exact) mass is 716 g/mol. The second-order valence-corrected chi connectivity index (χ2v) is 15.5. The van der Waals surface area contributed by atoms with E-state index in [1.807, 2.05) is 57.2 Å². The molecular formula is C42H60N4O6. The number of nitrogens with zero attached hydrogens (tertiary/aromatic N) is 4. The number of β-amino-alcohol motifs (C(OH)–C–C–N with tert-alkyl or cyclic N) is 2. The molecule has 0 aromatic heterocycles. The molecule has 1 aliphatic carbocycles. The smallest absolute Gasteiger partial charge is 0.312 e. The Morgan fingerprint density at radius 1 is 0.692 bits per heavy atom. The molecule has 0 amide bonds. The minimum atomic E-state index is -0.899. The number of carbonyl (C=O) groups is 2. The predicted octanol–water partition coefficient (Wildman–Crippen LogP) is 3.90. The van der Waals surface area contributed by atoms with Gasteiger partial charge in [-0.2, -0.15) is 0 Å². The van der Waals surface area contributed by atoms with E-state index in [2.05, 4.69) is 68.2 Å². The van der Waals surface area contributed by atoms with Crippen LogP contribution in [0.3, 0.4) is 0 Å². The van der Waals surface area contributed by atoms with Crippen molar-refractivity contribution in [3.8, 4) is 0 Å². The molecule has 1 saturated carbocycles. The summed E-state index contributed by atoms with van der Waals surface area (Å²) < 4.78 is 11.4. The Balaban J connectivity index is 0.966. The largest absolute Gasteiger partial charge is 0.463 e. The van der Waals surface area contributed by atoms with Gasteiger partial charge in [-0.3, -0.25) is 29.2 Å². The van der Waals surface area contributed by atoms with Crippen molar-refractivity contribution in [2.75, 3.05) is 91.8 Å². The zero-order valence-corrected chi connectivity index (χ0v) is 31.4. The highest BCUT2D eigenvalue weighted by Gasteiger charge is 2.59. The number of ether oxygens (including phenoxy) is 2. The molecular weight excluding hydrogens is 656 g/mol. The first-order valence-corrected chi connectivity index (χ1v) is 19.1. The Morgan fingerprint density at radius 3 is 1.58 bits per heavy atom. The minimum absolute atomic E-state index is 0.0720. The van der Waals surface area contributed by atoms with Gasteiger partial charge in [-0.05, 0) is 36.3 Å². The van der Waals surface area contributed by atoms with Crippen LogP contribution in [-0.2, 0) is 19.1 Å². The van der Waals surface area contributed by atoms with Crippen LogP contribution in [0.25, 0.3) is 12.2 Å². The van der Waals surface area contributed by atoms with Gasteiger partial charge in [0.1, 0.15) is 25.4 Å². The van der Waals surface area contributed by atoms with Crippen molar-refractivity contribution in [1.82, 2.24) is 19.6 Å². The molecule has 0 bridgehead atoms. The van der Waals surface area contributed by atoms with Crippen molar-refractivity contribution in [1.29, 1.82) is 0 Å². The van der Waals surface area contributed by atoms with E-state index in [-0.39, 0.29) is 19.2 Å². The van der Waals surface area contributed by atoms with Gasteiger partial charge in [-0.25, -0.2) is 0 Å². The minimum Gasteiger partial charge on any atom is -0.463 e. The summed E-state index contributed by atoms with van der Waals surface area (Å²) in [5.74, 6) is -1.27. The molecule has 2 saturated heterocycles. The summed E-state index contributed by atoms with van der Waals surface area (Å²) in [7, 11) is 0.